The summed E-state index contributed by atoms with van der Waals surface area (Å²) in [5.41, 5.74) is 8.39. The Bertz CT molecular complexity index is 324. The number of nitrogens with two attached hydrogens (primary N) is 1. The van der Waals surface area contributed by atoms with Crippen LogP contribution in [0.1, 0.15) is 30.9 Å². The van der Waals surface area contributed by atoms with Crippen LogP contribution in [-0.4, -0.2) is 12.6 Å². The lowest BCUT2D eigenvalue weighted by atomic mass is 10.1. The molecule has 0 aliphatic carbocycles. The molecule has 16 heavy (non-hydrogen) atoms. The van der Waals surface area contributed by atoms with Crippen molar-refractivity contribution in [2.24, 2.45) is 5.73 Å². The number of halogens is 1. The predicted octanol–water partition coefficient (Wildman–Crippen LogP) is 2.97. The molecule has 3 N–H and O–H groups in total. The van der Waals surface area contributed by atoms with Crippen molar-refractivity contribution in [3.8, 4) is 0 Å². The molecule has 0 saturated heterocycles. The molecule has 0 fully saturated rings. The van der Waals surface area contributed by atoms with Gasteiger partial charge in [-0.3, -0.25) is 0 Å². The van der Waals surface area contributed by atoms with Crippen LogP contribution in [0.4, 0.5) is 0 Å². The minimum Gasteiger partial charge on any atom is -0.328 e. The van der Waals surface area contributed by atoms with Gasteiger partial charge in [0, 0.05) is 17.1 Å². The van der Waals surface area contributed by atoms with E-state index in [2.05, 4.69) is 53.3 Å². The minimum atomic E-state index is 0.314. The average Bonchev–Trinajstić information content (AvgIpc) is 2.22. The summed E-state index contributed by atoms with van der Waals surface area (Å²) in [6.07, 6.45) is 2.23. The van der Waals surface area contributed by atoms with Crippen molar-refractivity contribution in [1.82, 2.24) is 5.32 Å². The Balaban J connectivity index is 2.29. The summed E-state index contributed by atoms with van der Waals surface area (Å²) in [6, 6.07) is 6.71. The normalized spacial score (nSPS) is 12.8. The molecule has 1 unspecified atom stereocenters. The fraction of sp³-hybridized carbons (Fsp3) is 0.538. The summed E-state index contributed by atoms with van der Waals surface area (Å²) < 4.78 is 1.14. The van der Waals surface area contributed by atoms with Crippen LogP contribution in [0.3, 0.4) is 0 Å². The summed E-state index contributed by atoms with van der Waals surface area (Å²) >= 11 is 3.49. The summed E-state index contributed by atoms with van der Waals surface area (Å²) in [7, 11) is 0. The number of benzene rings is 1. The maximum atomic E-state index is 5.70. The van der Waals surface area contributed by atoms with Gasteiger partial charge in [-0.15, -0.1) is 0 Å². The van der Waals surface area contributed by atoms with E-state index in [4.69, 9.17) is 5.73 Å². The van der Waals surface area contributed by atoms with E-state index in [9.17, 15) is 0 Å². The Hall–Kier alpha value is -0.380. The minimum absolute atomic E-state index is 0.314. The second kappa shape index (κ2) is 7.05. The Morgan fingerprint density at radius 1 is 1.44 bits per heavy atom. The molecule has 0 aliphatic rings. The summed E-state index contributed by atoms with van der Waals surface area (Å²) in [4.78, 5) is 0. The van der Waals surface area contributed by atoms with Gasteiger partial charge in [0.25, 0.3) is 0 Å². The summed E-state index contributed by atoms with van der Waals surface area (Å²) in [5.74, 6) is 0. The molecule has 1 atom stereocenters. The van der Waals surface area contributed by atoms with Gasteiger partial charge >= 0.3 is 0 Å². The lowest BCUT2D eigenvalue weighted by Gasteiger charge is -2.09. The molecule has 0 heterocycles. The fourth-order valence-electron chi connectivity index (χ4n) is 1.60. The Morgan fingerprint density at radius 2 is 2.19 bits per heavy atom. The monoisotopic (exact) mass is 284 g/mol. The van der Waals surface area contributed by atoms with Crippen molar-refractivity contribution >= 4 is 15.9 Å². The van der Waals surface area contributed by atoms with Crippen LogP contribution in [0.2, 0.25) is 0 Å². The number of hydrogen-bond donors (Lipinski definition) is 2. The molecule has 1 aromatic rings. The molecule has 0 spiro atoms. The first-order valence-corrected chi connectivity index (χ1v) is 6.60. The molecular formula is C13H21BrN2. The Kier molecular flexibility index (Phi) is 6.03. The second-order valence-electron chi connectivity index (χ2n) is 4.37. The molecule has 1 aromatic carbocycles. The molecule has 2 nitrogen and oxygen atoms in total. The van der Waals surface area contributed by atoms with Gasteiger partial charge in [-0.2, -0.15) is 0 Å². The second-order valence-corrected chi connectivity index (χ2v) is 5.28. The molecule has 0 bridgehead atoms. The molecule has 1 rings (SSSR count). The highest BCUT2D eigenvalue weighted by atomic mass is 79.9. The molecule has 3 heteroatoms. The fourth-order valence-corrected chi connectivity index (χ4v) is 2.01. The number of nitrogens with one attached hydrogen (secondary N) is 1. The first-order valence-electron chi connectivity index (χ1n) is 5.81. The van der Waals surface area contributed by atoms with Crippen LogP contribution in [-0.2, 0) is 6.54 Å². The molecule has 0 amide bonds. The van der Waals surface area contributed by atoms with Gasteiger partial charge in [0.2, 0.25) is 0 Å². The zero-order chi connectivity index (χ0) is 12.0. The van der Waals surface area contributed by atoms with E-state index < -0.39 is 0 Å². The Morgan fingerprint density at radius 3 is 2.88 bits per heavy atom. The van der Waals surface area contributed by atoms with Gasteiger partial charge < -0.3 is 11.1 Å². The largest absolute Gasteiger partial charge is 0.328 e. The summed E-state index contributed by atoms with van der Waals surface area (Å²) in [5, 5.41) is 3.45. The molecule has 0 saturated carbocycles. The maximum Gasteiger partial charge on any atom is 0.0208 e. The Labute approximate surface area is 107 Å². The highest BCUT2D eigenvalue weighted by Gasteiger charge is 1.99. The van der Waals surface area contributed by atoms with Gasteiger partial charge in [0.15, 0.2) is 0 Å². The lowest BCUT2D eigenvalue weighted by Crippen LogP contribution is -2.20. The van der Waals surface area contributed by atoms with E-state index in [0.29, 0.717) is 6.04 Å². The van der Waals surface area contributed by atoms with Crippen LogP contribution >= 0.6 is 15.9 Å². The van der Waals surface area contributed by atoms with Crippen molar-refractivity contribution in [2.45, 2.75) is 39.3 Å². The zero-order valence-corrected chi connectivity index (χ0v) is 11.7. The van der Waals surface area contributed by atoms with E-state index >= 15 is 0 Å². The van der Waals surface area contributed by atoms with Crippen molar-refractivity contribution in [3.63, 3.8) is 0 Å². The average molecular weight is 285 g/mol. The molecule has 90 valence electrons. The third-order valence-corrected chi connectivity index (χ3v) is 3.13. The van der Waals surface area contributed by atoms with E-state index in [0.717, 1.165) is 30.4 Å². The van der Waals surface area contributed by atoms with Gasteiger partial charge in [-0.1, -0.05) is 22.0 Å². The predicted molar refractivity (Wildman–Crippen MR) is 73.5 cm³/mol. The highest BCUT2D eigenvalue weighted by molar-refractivity contribution is 9.10. The standard InChI is InChI=1S/C13H21BrN2/c1-10-5-6-13(14)8-12(10)9-16-7-3-4-11(2)15/h5-6,8,11,16H,3-4,7,9,15H2,1-2H3. The first kappa shape index (κ1) is 13.7. The number of rotatable bonds is 6. The van der Waals surface area contributed by atoms with Gasteiger partial charge in [0.05, 0.1) is 0 Å². The lowest BCUT2D eigenvalue weighted by molar-refractivity contribution is 0.574. The van der Waals surface area contributed by atoms with Crippen molar-refractivity contribution < 1.29 is 0 Å². The van der Waals surface area contributed by atoms with Crippen LogP contribution in [0, 0.1) is 6.92 Å². The van der Waals surface area contributed by atoms with Gasteiger partial charge in [0.1, 0.15) is 0 Å². The van der Waals surface area contributed by atoms with Crippen LogP contribution in [0.25, 0.3) is 0 Å². The third kappa shape index (κ3) is 5.10. The highest BCUT2D eigenvalue weighted by Crippen LogP contribution is 2.15. The van der Waals surface area contributed by atoms with E-state index in [1.165, 1.54) is 11.1 Å². The van der Waals surface area contributed by atoms with Crippen molar-refractivity contribution in [3.05, 3.63) is 33.8 Å². The smallest absolute Gasteiger partial charge is 0.0208 e. The van der Waals surface area contributed by atoms with Gasteiger partial charge in [-0.05, 0) is 56.5 Å². The van der Waals surface area contributed by atoms with E-state index in [1.54, 1.807) is 0 Å². The molecule has 0 aromatic heterocycles. The number of aryl methyl sites for hydroxylation is 1. The topological polar surface area (TPSA) is 38.0 Å². The first-order chi connectivity index (χ1) is 7.59. The summed E-state index contributed by atoms with van der Waals surface area (Å²) in [6.45, 7) is 6.17. The van der Waals surface area contributed by atoms with E-state index in [1.807, 2.05) is 0 Å². The quantitative estimate of drug-likeness (QED) is 0.789. The van der Waals surface area contributed by atoms with Gasteiger partial charge in [-0.25, -0.2) is 0 Å². The maximum absolute atomic E-state index is 5.70. The van der Waals surface area contributed by atoms with E-state index in [-0.39, 0.29) is 0 Å². The third-order valence-electron chi connectivity index (χ3n) is 2.64. The van der Waals surface area contributed by atoms with Crippen LogP contribution in [0.5, 0.6) is 0 Å². The molecule has 0 aliphatic heterocycles. The van der Waals surface area contributed by atoms with Crippen molar-refractivity contribution in [2.75, 3.05) is 6.54 Å². The van der Waals surface area contributed by atoms with Crippen LogP contribution < -0.4 is 11.1 Å². The van der Waals surface area contributed by atoms with Crippen LogP contribution in [0.15, 0.2) is 22.7 Å². The number of hydrogen-bond acceptors (Lipinski definition) is 2. The molecule has 0 radical (unpaired) electrons. The van der Waals surface area contributed by atoms with Crippen molar-refractivity contribution in [1.29, 1.82) is 0 Å². The SMILES string of the molecule is Cc1ccc(Br)cc1CNCCCC(C)N. The molecular weight excluding hydrogens is 264 g/mol. The zero-order valence-electron chi connectivity index (χ0n) is 10.1.